The predicted octanol–water partition coefficient (Wildman–Crippen LogP) is 4.33. The third-order valence-electron chi connectivity index (χ3n) is 7.33. The van der Waals surface area contributed by atoms with Crippen molar-refractivity contribution < 1.29 is 9.53 Å². The van der Waals surface area contributed by atoms with Gasteiger partial charge in [-0.05, 0) is 74.0 Å². The number of anilines is 1. The molecule has 1 aliphatic heterocycles. The van der Waals surface area contributed by atoms with Crippen LogP contribution in [0.5, 0.6) is 0 Å². The van der Waals surface area contributed by atoms with E-state index in [-0.39, 0.29) is 11.3 Å². The van der Waals surface area contributed by atoms with Gasteiger partial charge in [0.05, 0.1) is 18.6 Å². The molecule has 6 rings (SSSR count). The highest BCUT2D eigenvalue weighted by atomic mass is 35.5. The van der Waals surface area contributed by atoms with Gasteiger partial charge in [0.25, 0.3) is 0 Å². The number of morpholine rings is 1. The molecule has 1 aromatic carbocycles. The van der Waals surface area contributed by atoms with Crippen LogP contribution in [-0.2, 0) is 16.1 Å². The highest BCUT2D eigenvalue weighted by Crippen LogP contribution is 2.60. The molecule has 0 unspecified atom stereocenters. The smallest absolute Gasteiger partial charge is 0.230 e. The van der Waals surface area contributed by atoms with Crippen molar-refractivity contribution in [2.75, 3.05) is 31.6 Å². The molecule has 4 aliphatic carbocycles. The van der Waals surface area contributed by atoms with Gasteiger partial charge < -0.3 is 10.1 Å². The lowest BCUT2D eigenvalue weighted by molar-refractivity contribution is -0.140. The van der Waals surface area contributed by atoms with Crippen LogP contribution >= 0.6 is 11.6 Å². The number of hydrogen-bond donors (Lipinski definition) is 1. The summed E-state index contributed by atoms with van der Waals surface area (Å²) >= 11 is 6.54. The molecule has 4 bridgehead atoms. The first kappa shape index (κ1) is 18.0. The van der Waals surface area contributed by atoms with Crippen molar-refractivity contribution >= 4 is 23.2 Å². The minimum Gasteiger partial charge on any atom is -0.379 e. The molecule has 0 aromatic heterocycles. The SMILES string of the molecule is O=C(Nc1ccc(CN2CCOCC2)c(Cl)c1)C12CC3CC(CC(C3)C1)C2. The third kappa shape index (κ3) is 3.52. The number of benzene rings is 1. The van der Waals surface area contributed by atoms with E-state index in [1.165, 1.54) is 19.3 Å². The topological polar surface area (TPSA) is 41.6 Å². The Kier molecular flexibility index (Phi) is 4.69. The van der Waals surface area contributed by atoms with E-state index in [0.717, 1.165) is 86.1 Å². The van der Waals surface area contributed by atoms with Crippen LogP contribution in [0.1, 0.15) is 44.1 Å². The minimum atomic E-state index is -0.117. The van der Waals surface area contributed by atoms with Gasteiger partial charge >= 0.3 is 0 Å². The lowest BCUT2D eigenvalue weighted by Gasteiger charge is -2.55. The first-order valence-electron chi connectivity index (χ1n) is 10.5. The maximum atomic E-state index is 13.2. The number of ether oxygens (including phenoxy) is 1. The Morgan fingerprint density at radius 1 is 1.11 bits per heavy atom. The number of amides is 1. The molecule has 1 saturated heterocycles. The van der Waals surface area contributed by atoms with E-state index in [1.54, 1.807) is 0 Å². The fraction of sp³-hybridized carbons (Fsp3) is 0.682. The van der Waals surface area contributed by atoms with Crippen LogP contribution < -0.4 is 5.32 Å². The van der Waals surface area contributed by atoms with Gasteiger partial charge in [0.2, 0.25) is 5.91 Å². The van der Waals surface area contributed by atoms with Crippen molar-refractivity contribution in [2.45, 2.75) is 45.1 Å². The van der Waals surface area contributed by atoms with E-state index in [4.69, 9.17) is 16.3 Å². The Labute approximate surface area is 166 Å². The summed E-state index contributed by atoms with van der Waals surface area (Å²) in [6.45, 7) is 4.31. The van der Waals surface area contributed by atoms with Gasteiger partial charge in [0.15, 0.2) is 0 Å². The average molecular weight is 389 g/mol. The van der Waals surface area contributed by atoms with Crippen LogP contribution in [0.4, 0.5) is 5.69 Å². The van der Waals surface area contributed by atoms with E-state index in [1.807, 2.05) is 12.1 Å². The van der Waals surface area contributed by atoms with E-state index >= 15 is 0 Å². The number of rotatable bonds is 4. The number of halogens is 1. The number of carbonyl (C=O) groups is 1. The second kappa shape index (κ2) is 7.06. The summed E-state index contributed by atoms with van der Waals surface area (Å²) in [6.07, 6.45) is 7.34. The molecule has 0 radical (unpaired) electrons. The number of nitrogens with one attached hydrogen (secondary N) is 1. The lowest BCUT2D eigenvalue weighted by Crippen LogP contribution is -2.51. The Hall–Kier alpha value is -1.10. The Morgan fingerprint density at radius 3 is 2.33 bits per heavy atom. The molecule has 4 nitrogen and oxygen atoms in total. The zero-order chi connectivity index (χ0) is 18.4. The van der Waals surface area contributed by atoms with Gasteiger partial charge in [0, 0.05) is 30.3 Å². The van der Waals surface area contributed by atoms with Crippen LogP contribution in [-0.4, -0.2) is 37.1 Å². The highest BCUT2D eigenvalue weighted by molar-refractivity contribution is 6.31. The summed E-state index contributed by atoms with van der Waals surface area (Å²) in [5.74, 6) is 2.57. The Morgan fingerprint density at radius 2 is 1.74 bits per heavy atom. The van der Waals surface area contributed by atoms with Crippen molar-refractivity contribution in [3.63, 3.8) is 0 Å². The van der Waals surface area contributed by atoms with Gasteiger partial charge in [-0.2, -0.15) is 0 Å². The Balaban J connectivity index is 1.27. The number of nitrogens with zero attached hydrogens (tertiary/aromatic N) is 1. The van der Waals surface area contributed by atoms with E-state index < -0.39 is 0 Å². The molecule has 5 heteroatoms. The standard InChI is InChI=1S/C22H29ClN2O2/c23-20-10-19(2-1-18(20)14-25-3-5-27-6-4-25)24-21(26)22-11-15-7-16(12-22)9-17(8-15)13-22/h1-2,10,15-17H,3-9,11-14H2,(H,24,26). The molecule has 1 amide bonds. The number of hydrogen-bond acceptors (Lipinski definition) is 3. The molecule has 1 aromatic rings. The highest BCUT2D eigenvalue weighted by Gasteiger charge is 2.54. The molecular weight excluding hydrogens is 360 g/mol. The molecular formula is C22H29ClN2O2. The molecule has 146 valence electrons. The number of carbonyl (C=O) groups excluding carboxylic acids is 1. The van der Waals surface area contributed by atoms with Crippen molar-refractivity contribution in [2.24, 2.45) is 23.2 Å². The summed E-state index contributed by atoms with van der Waals surface area (Å²) in [7, 11) is 0. The van der Waals surface area contributed by atoms with Gasteiger partial charge in [-0.3, -0.25) is 9.69 Å². The predicted molar refractivity (Wildman–Crippen MR) is 107 cm³/mol. The minimum absolute atomic E-state index is 0.117. The average Bonchev–Trinajstić information content (AvgIpc) is 2.64. The fourth-order valence-electron chi connectivity index (χ4n) is 6.41. The van der Waals surface area contributed by atoms with Crippen LogP contribution in [0.3, 0.4) is 0 Å². The second-order valence-corrected chi connectivity index (χ2v) is 9.75. The van der Waals surface area contributed by atoms with Gasteiger partial charge in [-0.1, -0.05) is 17.7 Å². The molecule has 1 heterocycles. The fourth-order valence-corrected chi connectivity index (χ4v) is 6.65. The van der Waals surface area contributed by atoms with E-state index in [9.17, 15) is 4.79 Å². The van der Waals surface area contributed by atoms with E-state index in [0.29, 0.717) is 0 Å². The summed E-state index contributed by atoms with van der Waals surface area (Å²) in [4.78, 5) is 15.6. The summed E-state index contributed by atoms with van der Waals surface area (Å²) in [6, 6.07) is 6.00. The first-order valence-corrected chi connectivity index (χ1v) is 10.9. The zero-order valence-corrected chi connectivity index (χ0v) is 16.6. The molecule has 1 N–H and O–H groups in total. The molecule has 5 aliphatic rings. The molecule has 27 heavy (non-hydrogen) atoms. The summed E-state index contributed by atoms with van der Waals surface area (Å²) in [5, 5.41) is 3.95. The summed E-state index contributed by atoms with van der Waals surface area (Å²) in [5.41, 5.74) is 1.84. The second-order valence-electron chi connectivity index (χ2n) is 9.35. The van der Waals surface area contributed by atoms with Gasteiger partial charge in [-0.15, -0.1) is 0 Å². The summed E-state index contributed by atoms with van der Waals surface area (Å²) < 4.78 is 5.41. The molecule has 5 fully saturated rings. The van der Waals surface area contributed by atoms with Crippen molar-refractivity contribution in [1.29, 1.82) is 0 Å². The lowest BCUT2D eigenvalue weighted by atomic mass is 9.49. The normalized spacial score (nSPS) is 35.4. The maximum Gasteiger partial charge on any atom is 0.230 e. The third-order valence-corrected chi connectivity index (χ3v) is 7.68. The molecule has 0 atom stereocenters. The van der Waals surface area contributed by atoms with Gasteiger partial charge in [0.1, 0.15) is 0 Å². The van der Waals surface area contributed by atoms with Crippen LogP contribution in [0.25, 0.3) is 0 Å². The monoisotopic (exact) mass is 388 g/mol. The zero-order valence-electron chi connectivity index (χ0n) is 15.9. The largest absolute Gasteiger partial charge is 0.379 e. The molecule has 4 saturated carbocycles. The van der Waals surface area contributed by atoms with Crippen molar-refractivity contribution in [3.05, 3.63) is 28.8 Å². The van der Waals surface area contributed by atoms with Crippen LogP contribution in [0.2, 0.25) is 5.02 Å². The molecule has 0 spiro atoms. The first-order chi connectivity index (χ1) is 13.1. The van der Waals surface area contributed by atoms with Crippen LogP contribution in [0, 0.1) is 23.2 Å². The maximum absolute atomic E-state index is 13.2. The van der Waals surface area contributed by atoms with Crippen molar-refractivity contribution in [3.8, 4) is 0 Å². The van der Waals surface area contributed by atoms with Crippen molar-refractivity contribution in [1.82, 2.24) is 4.90 Å². The quantitative estimate of drug-likeness (QED) is 0.834. The van der Waals surface area contributed by atoms with Gasteiger partial charge in [-0.25, -0.2) is 0 Å². The van der Waals surface area contributed by atoms with E-state index in [2.05, 4.69) is 16.3 Å². The Bertz CT molecular complexity index is 694. The van der Waals surface area contributed by atoms with Crippen LogP contribution in [0.15, 0.2) is 18.2 Å².